The molecule has 0 amide bonds. The zero-order valence-electron chi connectivity index (χ0n) is 9.47. The molecule has 0 radical (unpaired) electrons. The Morgan fingerprint density at radius 2 is 2.19 bits per heavy atom. The van der Waals surface area contributed by atoms with Gasteiger partial charge in [-0.1, -0.05) is 0 Å². The van der Waals surface area contributed by atoms with E-state index < -0.39 is 5.54 Å². The van der Waals surface area contributed by atoms with Gasteiger partial charge in [0.1, 0.15) is 5.54 Å². The minimum Gasteiger partial charge on any atom is -0.467 e. The Morgan fingerprint density at radius 3 is 2.88 bits per heavy atom. The van der Waals surface area contributed by atoms with Crippen molar-refractivity contribution in [3.63, 3.8) is 0 Å². The normalized spacial score (nSPS) is 11.7. The molecule has 2 heterocycles. The van der Waals surface area contributed by atoms with Crippen LogP contribution in [-0.4, -0.2) is 27.6 Å². The summed E-state index contributed by atoms with van der Waals surface area (Å²) in [7, 11) is 1.38. The van der Waals surface area contributed by atoms with Crippen molar-refractivity contribution >= 4 is 17.1 Å². The van der Waals surface area contributed by atoms with Crippen LogP contribution in [0.4, 0.5) is 0 Å². The van der Waals surface area contributed by atoms with E-state index in [1.807, 2.05) is 12.1 Å². The molecule has 0 unspecified atom stereocenters. The first-order valence-electron chi connectivity index (χ1n) is 4.94. The van der Waals surface area contributed by atoms with Crippen LogP contribution >= 0.6 is 0 Å². The fourth-order valence-electron chi connectivity index (χ4n) is 1.64. The molecule has 0 spiro atoms. The summed E-state index contributed by atoms with van der Waals surface area (Å²) >= 11 is 0. The van der Waals surface area contributed by atoms with Crippen LogP contribution in [0, 0.1) is 0 Å². The van der Waals surface area contributed by atoms with Gasteiger partial charge in [-0.3, -0.25) is 0 Å². The average Bonchev–Trinajstić information content (AvgIpc) is 2.72. The van der Waals surface area contributed by atoms with Crippen LogP contribution in [0.1, 0.15) is 13.8 Å². The predicted octanol–water partition coefficient (Wildman–Crippen LogP) is 1.34. The van der Waals surface area contributed by atoms with Gasteiger partial charge in [-0.15, -0.1) is 0 Å². The van der Waals surface area contributed by atoms with Gasteiger partial charge in [-0.2, -0.15) is 0 Å². The van der Waals surface area contributed by atoms with Crippen molar-refractivity contribution < 1.29 is 9.53 Å². The molecule has 2 rings (SSSR count). The number of carbonyl (C=O) groups is 1. The van der Waals surface area contributed by atoms with Crippen LogP contribution in [0.3, 0.4) is 0 Å². The topological polar surface area (TPSA) is 57.0 Å². The molecule has 0 aromatic carbocycles. The Balaban J connectivity index is 2.59. The van der Waals surface area contributed by atoms with Crippen LogP contribution in [0.5, 0.6) is 0 Å². The van der Waals surface area contributed by atoms with Crippen LogP contribution in [0.2, 0.25) is 0 Å². The first-order chi connectivity index (χ1) is 7.57. The van der Waals surface area contributed by atoms with Crippen molar-refractivity contribution in [3.8, 4) is 0 Å². The molecule has 5 heteroatoms. The number of hydrogen-bond acceptors (Lipinski definition) is 4. The summed E-state index contributed by atoms with van der Waals surface area (Å²) in [5.74, 6) is -0.310. The minimum absolute atomic E-state index is 0.310. The van der Waals surface area contributed by atoms with Gasteiger partial charge in [-0.25, -0.2) is 14.8 Å². The standard InChI is InChI=1S/C11H13N3O2/c1-11(2,10(15)16-3)14-7-13-9-8(14)5-4-6-12-9/h4-7H,1-3H3. The van der Waals surface area contributed by atoms with Gasteiger partial charge in [0.25, 0.3) is 0 Å². The zero-order valence-corrected chi connectivity index (χ0v) is 9.47. The lowest BCUT2D eigenvalue weighted by molar-refractivity contribution is -0.149. The highest BCUT2D eigenvalue weighted by molar-refractivity contribution is 5.81. The molecule has 0 saturated carbocycles. The van der Waals surface area contributed by atoms with Crippen LogP contribution in [0.15, 0.2) is 24.7 Å². The van der Waals surface area contributed by atoms with Crippen molar-refractivity contribution in [2.24, 2.45) is 0 Å². The Morgan fingerprint density at radius 1 is 1.44 bits per heavy atom. The number of methoxy groups -OCH3 is 1. The third kappa shape index (κ3) is 1.44. The van der Waals surface area contributed by atoms with Crippen molar-refractivity contribution in [1.29, 1.82) is 0 Å². The van der Waals surface area contributed by atoms with E-state index in [4.69, 9.17) is 4.74 Å². The highest BCUT2D eigenvalue weighted by Crippen LogP contribution is 2.22. The first-order valence-corrected chi connectivity index (χ1v) is 4.94. The first kappa shape index (κ1) is 10.6. The highest BCUT2D eigenvalue weighted by atomic mass is 16.5. The van der Waals surface area contributed by atoms with Crippen molar-refractivity contribution in [2.75, 3.05) is 7.11 Å². The Labute approximate surface area is 93.1 Å². The van der Waals surface area contributed by atoms with Crippen molar-refractivity contribution in [3.05, 3.63) is 24.7 Å². The summed E-state index contributed by atoms with van der Waals surface area (Å²) < 4.78 is 6.54. The lowest BCUT2D eigenvalue weighted by atomic mass is 10.1. The Bertz CT molecular complexity index is 531. The number of pyridine rings is 1. The maximum absolute atomic E-state index is 11.7. The number of esters is 1. The summed E-state index contributed by atoms with van der Waals surface area (Å²) in [5.41, 5.74) is 0.657. The quantitative estimate of drug-likeness (QED) is 0.715. The fourth-order valence-corrected chi connectivity index (χ4v) is 1.64. The van der Waals surface area contributed by atoms with E-state index in [1.54, 1.807) is 30.9 Å². The van der Waals surface area contributed by atoms with E-state index in [0.717, 1.165) is 5.52 Å². The largest absolute Gasteiger partial charge is 0.467 e. The summed E-state index contributed by atoms with van der Waals surface area (Å²) in [6, 6.07) is 3.69. The van der Waals surface area contributed by atoms with E-state index in [9.17, 15) is 4.79 Å². The molecule has 0 aliphatic heterocycles. The molecule has 5 nitrogen and oxygen atoms in total. The van der Waals surface area contributed by atoms with E-state index in [1.165, 1.54) is 7.11 Å². The van der Waals surface area contributed by atoms with E-state index >= 15 is 0 Å². The lowest BCUT2D eigenvalue weighted by Crippen LogP contribution is -2.36. The highest BCUT2D eigenvalue weighted by Gasteiger charge is 2.32. The van der Waals surface area contributed by atoms with Crippen molar-refractivity contribution in [1.82, 2.24) is 14.5 Å². The molecule has 2 aromatic heterocycles. The molecule has 0 aliphatic carbocycles. The second kappa shape index (κ2) is 3.59. The molecule has 2 aromatic rings. The van der Waals surface area contributed by atoms with Gasteiger partial charge >= 0.3 is 5.97 Å². The van der Waals surface area contributed by atoms with Gasteiger partial charge in [0.05, 0.1) is 19.0 Å². The number of ether oxygens (including phenoxy) is 1. The number of aromatic nitrogens is 3. The minimum atomic E-state index is -0.785. The van der Waals surface area contributed by atoms with E-state index in [-0.39, 0.29) is 5.97 Å². The molecule has 0 bridgehead atoms. The predicted molar refractivity (Wildman–Crippen MR) is 58.9 cm³/mol. The van der Waals surface area contributed by atoms with Gasteiger partial charge in [0.15, 0.2) is 5.65 Å². The third-order valence-corrected chi connectivity index (χ3v) is 2.61. The van der Waals surface area contributed by atoms with E-state index in [2.05, 4.69) is 9.97 Å². The van der Waals surface area contributed by atoms with Crippen LogP contribution < -0.4 is 0 Å². The molecule has 0 N–H and O–H groups in total. The maximum Gasteiger partial charge on any atom is 0.331 e. The summed E-state index contributed by atoms with van der Waals surface area (Å²) in [6.07, 6.45) is 3.28. The Kier molecular flexibility index (Phi) is 2.38. The summed E-state index contributed by atoms with van der Waals surface area (Å²) in [6.45, 7) is 3.57. The number of fused-ring (bicyclic) bond motifs is 1. The SMILES string of the molecule is COC(=O)C(C)(C)n1cnc2ncccc21. The van der Waals surface area contributed by atoms with Gasteiger partial charge in [0.2, 0.25) is 0 Å². The number of hydrogen-bond donors (Lipinski definition) is 0. The molecule has 0 fully saturated rings. The smallest absolute Gasteiger partial charge is 0.331 e. The average molecular weight is 219 g/mol. The molecule has 0 aliphatic rings. The molecule has 0 saturated heterocycles. The molecular weight excluding hydrogens is 206 g/mol. The molecular formula is C11H13N3O2. The summed E-state index contributed by atoms with van der Waals surface area (Å²) in [5, 5.41) is 0. The second-order valence-corrected chi connectivity index (χ2v) is 4.01. The lowest BCUT2D eigenvalue weighted by Gasteiger charge is -2.23. The third-order valence-electron chi connectivity index (χ3n) is 2.61. The monoisotopic (exact) mass is 219 g/mol. The zero-order chi connectivity index (χ0) is 11.8. The van der Waals surface area contributed by atoms with Crippen molar-refractivity contribution in [2.45, 2.75) is 19.4 Å². The van der Waals surface area contributed by atoms with E-state index in [0.29, 0.717) is 5.65 Å². The van der Waals surface area contributed by atoms with Crippen LogP contribution in [0.25, 0.3) is 11.2 Å². The molecule has 0 atom stereocenters. The summed E-state index contributed by atoms with van der Waals surface area (Å²) in [4.78, 5) is 19.9. The molecule has 84 valence electrons. The number of rotatable bonds is 2. The second-order valence-electron chi connectivity index (χ2n) is 4.01. The van der Waals surface area contributed by atoms with Gasteiger partial charge in [0, 0.05) is 6.20 Å². The van der Waals surface area contributed by atoms with Gasteiger partial charge < -0.3 is 9.30 Å². The maximum atomic E-state index is 11.7. The number of imidazole rings is 1. The molecule has 16 heavy (non-hydrogen) atoms. The fraction of sp³-hybridized carbons (Fsp3) is 0.364. The van der Waals surface area contributed by atoms with Crippen LogP contribution in [-0.2, 0) is 15.1 Å². The Hall–Kier alpha value is -1.91. The number of nitrogens with zero attached hydrogens (tertiary/aromatic N) is 3. The van der Waals surface area contributed by atoms with Gasteiger partial charge in [-0.05, 0) is 26.0 Å². The number of carbonyl (C=O) groups excluding carboxylic acids is 1.